The van der Waals surface area contributed by atoms with Crippen molar-refractivity contribution in [3.63, 3.8) is 0 Å². The van der Waals surface area contributed by atoms with Crippen LogP contribution in [-0.4, -0.2) is 33.6 Å². The van der Waals surface area contributed by atoms with Crippen LogP contribution in [0.3, 0.4) is 0 Å². The van der Waals surface area contributed by atoms with Crippen LogP contribution in [0, 0.1) is 6.92 Å². The fourth-order valence-electron chi connectivity index (χ4n) is 0.250. The average Bonchev–Trinajstić information content (AvgIpc) is 2.01. The predicted molar refractivity (Wildman–Crippen MR) is 76.9 cm³/mol. The fourth-order valence-corrected chi connectivity index (χ4v) is 0.250. The molecule has 0 fully saturated rings. The second kappa shape index (κ2) is 30.5. The fraction of sp³-hybridized carbons (Fsp3) is 0.929. The van der Waals surface area contributed by atoms with E-state index in [1.54, 1.807) is 41.5 Å². The third kappa shape index (κ3) is 600. The molecular formula is C14H35O3Ti-. The first-order valence-electron chi connectivity index (χ1n) is 6.45. The number of rotatable bonds is 2. The van der Waals surface area contributed by atoms with Crippen molar-refractivity contribution in [3.8, 4) is 0 Å². The predicted octanol–water partition coefficient (Wildman–Crippen LogP) is 3.17. The Balaban J connectivity index is -0.0000000412. The summed E-state index contributed by atoms with van der Waals surface area (Å²) in [5.41, 5.74) is 0. The summed E-state index contributed by atoms with van der Waals surface area (Å²) in [4.78, 5) is 0. The zero-order valence-electron chi connectivity index (χ0n) is 13.4. The molecule has 0 bridgehead atoms. The third-order valence-electron chi connectivity index (χ3n) is 0.604. The van der Waals surface area contributed by atoms with Gasteiger partial charge in [-0.3, -0.25) is 0 Å². The molecule has 0 saturated heterocycles. The monoisotopic (exact) mass is 299 g/mol. The summed E-state index contributed by atoms with van der Waals surface area (Å²) in [7, 11) is 0. The summed E-state index contributed by atoms with van der Waals surface area (Å²) in [5.74, 6) is 0. The van der Waals surface area contributed by atoms with E-state index in [-0.39, 0.29) is 40.0 Å². The standard InChI is InChI=1S/C5H11.3C3H8O.Ti/c1-3-5-4-2;3*1-3(2)4;/h1,3-5H2,2H3;3*3-4H,1-2H3;/q-1;;;;. The minimum atomic E-state index is -0.167. The minimum Gasteiger partial charge on any atom is -0.394 e. The summed E-state index contributed by atoms with van der Waals surface area (Å²) in [5, 5.41) is 24.2. The zero-order chi connectivity index (χ0) is 14.9. The van der Waals surface area contributed by atoms with Gasteiger partial charge in [-0.15, -0.1) is 0 Å². The molecule has 3 N–H and O–H groups in total. The third-order valence-corrected chi connectivity index (χ3v) is 0.604. The smallest absolute Gasteiger partial charge is 0.0483 e. The first-order valence-corrected chi connectivity index (χ1v) is 6.45. The maximum atomic E-state index is 8.06. The molecule has 114 valence electrons. The summed E-state index contributed by atoms with van der Waals surface area (Å²) in [6, 6.07) is 0. The molecular weight excluding hydrogens is 264 g/mol. The van der Waals surface area contributed by atoms with Gasteiger partial charge in [0.15, 0.2) is 0 Å². The second-order valence-corrected chi connectivity index (χ2v) is 4.49. The van der Waals surface area contributed by atoms with Gasteiger partial charge >= 0.3 is 0 Å². The van der Waals surface area contributed by atoms with Gasteiger partial charge in [0.05, 0.1) is 0 Å². The van der Waals surface area contributed by atoms with E-state index < -0.39 is 0 Å². The average molecular weight is 299 g/mol. The van der Waals surface area contributed by atoms with E-state index in [9.17, 15) is 0 Å². The Labute approximate surface area is 130 Å². The maximum absolute atomic E-state index is 8.06. The summed E-state index contributed by atoms with van der Waals surface area (Å²) >= 11 is 0. The molecule has 0 aromatic carbocycles. The van der Waals surface area contributed by atoms with Crippen molar-refractivity contribution in [2.24, 2.45) is 0 Å². The quantitative estimate of drug-likeness (QED) is 0.542. The molecule has 0 rings (SSSR count). The first-order chi connectivity index (χ1) is 7.61. The Morgan fingerprint density at radius 3 is 0.944 bits per heavy atom. The maximum Gasteiger partial charge on any atom is 0.0483 e. The van der Waals surface area contributed by atoms with Crippen molar-refractivity contribution in [1.82, 2.24) is 0 Å². The molecule has 0 aliphatic rings. The number of unbranched alkanes of at least 4 members (excludes halogenated alkanes) is 2. The second-order valence-electron chi connectivity index (χ2n) is 4.49. The van der Waals surface area contributed by atoms with Gasteiger partial charge in [0.2, 0.25) is 0 Å². The van der Waals surface area contributed by atoms with Gasteiger partial charge < -0.3 is 22.2 Å². The van der Waals surface area contributed by atoms with Crippen LogP contribution in [0.1, 0.15) is 67.7 Å². The molecule has 18 heavy (non-hydrogen) atoms. The normalized spacial score (nSPS) is 8.33. The van der Waals surface area contributed by atoms with Gasteiger partial charge in [-0.1, -0.05) is 19.8 Å². The van der Waals surface area contributed by atoms with E-state index in [2.05, 4.69) is 13.8 Å². The molecule has 0 heterocycles. The number of aliphatic hydroxyl groups is 3. The SMILES string of the molecule is CC(C)O.CC(C)O.CC(C)O.[CH2-]CCCC.[Ti]. The molecule has 0 aromatic rings. The summed E-state index contributed by atoms with van der Waals surface area (Å²) in [6.45, 7) is 16.2. The van der Waals surface area contributed by atoms with Crippen LogP contribution >= 0.6 is 0 Å². The van der Waals surface area contributed by atoms with Crippen LogP contribution in [0.4, 0.5) is 0 Å². The van der Waals surface area contributed by atoms with E-state index in [1.807, 2.05) is 0 Å². The molecule has 0 aliphatic heterocycles. The Kier molecular flexibility index (Phi) is 52.9. The number of aliphatic hydroxyl groups excluding tert-OH is 3. The molecule has 4 heteroatoms. The van der Waals surface area contributed by atoms with Crippen molar-refractivity contribution >= 4 is 0 Å². The molecule has 0 radical (unpaired) electrons. The van der Waals surface area contributed by atoms with Gasteiger partial charge in [-0.25, -0.2) is 0 Å². The molecule has 3 nitrogen and oxygen atoms in total. The van der Waals surface area contributed by atoms with Crippen LogP contribution in [0.25, 0.3) is 0 Å². The van der Waals surface area contributed by atoms with E-state index in [0.29, 0.717) is 0 Å². The van der Waals surface area contributed by atoms with Gasteiger partial charge in [-0.2, -0.15) is 6.42 Å². The number of hydrogen-bond acceptors (Lipinski definition) is 3. The van der Waals surface area contributed by atoms with Gasteiger partial charge in [-0.05, 0) is 41.5 Å². The van der Waals surface area contributed by atoms with Crippen molar-refractivity contribution < 1.29 is 37.0 Å². The largest absolute Gasteiger partial charge is 0.394 e. The van der Waals surface area contributed by atoms with Crippen molar-refractivity contribution in [2.75, 3.05) is 0 Å². The Morgan fingerprint density at radius 1 is 0.778 bits per heavy atom. The van der Waals surface area contributed by atoms with Crippen LogP contribution < -0.4 is 0 Å². The van der Waals surface area contributed by atoms with E-state index in [0.717, 1.165) is 6.42 Å². The van der Waals surface area contributed by atoms with Crippen LogP contribution in [0.2, 0.25) is 0 Å². The molecule has 0 saturated carbocycles. The molecule has 0 atom stereocenters. The van der Waals surface area contributed by atoms with Crippen molar-refractivity contribution in [3.05, 3.63) is 6.92 Å². The Morgan fingerprint density at radius 2 is 0.944 bits per heavy atom. The minimum absolute atomic E-state index is 0. The summed E-state index contributed by atoms with van der Waals surface area (Å²) < 4.78 is 0. The Hall–Kier alpha value is 0.594. The number of hydrogen-bond donors (Lipinski definition) is 3. The van der Waals surface area contributed by atoms with E-state index in [4.69, 9.17) is 15.3 Å². The first kappa shape index (κ1) is 31.1. The van der Waals surface area contributed by atoms with Crippen molar-refractivity contribution in [1.29, 1.82) is 0 Å². The molecule has 0 amide bonds. The summed E-state index contributed by atoms with van der Waals surface area (Å²) in [6.07, 6.45) is 3.15. The van der Waals surface area contributed by atoms with Gasteiger partial charge in [0, 0.05) is 40.0 Å². The van der Waals surface area contributed by atoms with Gasteiger partial charge in [0.1, 0.15) is 0 Å². The van der Waals surface area contributed by atoms with E-state index in [1.165, 1.54) is 12.8 Å². The van der Waals surface area contributed by atoms with Gasteiger partial charge in [0.25, 0.3) is 0 Å². The topological polar surface area (TPSA) is 60.7 Å². The molecule has 0 aliphatic carbocycles. The van der Waals surface area contributed by atoms with Crippen LogP contribution in [0.5, 0.6) is 0 Å². The zero-order valence-corrected chi connectivity index (χ0v) is 15.0. The molecule has 0 aromatic heterocycles. The Bertz CT molecular complexity index is 72.5. The van der Waals surface area contributed by atoms with Crippen LogP contribution in [-0.2, 0) is 21.7 Å². The van der Waals surface area contributed by atoms with Crippen molar-refractivity contribution in [2.45, 2.75) is 86.0 Å². The van der Waals surface area contributed by atoms with Crippen LogP contribution in [0.15, 0.2) is 0 Å². The van der Waals surface area contributed by atoms with E-state index >= 15 is 0 Å². The molecule has 0 unspecified atom stereocenters. The molecule has 0 spiro atoms.